The molecular formula is C28H47NO5. The van der Waals surface area contributed by atoms with Crippen LogP contribution in [0.3, 0.4) is 0 Å². The molecule has 1 rings (SSSR count). The van der Waals surface area contributed by atoms with Crippen molar-refractivity contribution in [3.8, 4) is 0 Å². The lowest BCUT2D eigenvalue weighted by Crippen LogP contribution is -2.11. The van der Waals surface area contributed by atoms with E-state index in [2.05, 4.69) is 6.92 Å². The van der Waals surface area contributed by atoms with Crippen molar-refractivity contribution >= 4 is 17.7 Å². The number of aliphatic carboxylic acids is 2. The highest BCUT2D eigenvalue weighted by Crippen LogP contribution is 2.26. The van der Waals surface area contributed by atoms with Gasteiger partial charge in [0.2, 0.25) is 0 Å². The van der Waals surface area contributed by atoms with Crippen LogP contribution in [0.25, 0.3) is 0 Å². The van der Waals surface area contributed by atoms with Crippen molar-refractivity contribution in [3.05, 3.63) is 22.5 Å². The number of unbranched alkanes of at least 4 members (excludes halogenated alkanes) is 12. The molecule has 0 fully saturated rings. The van der Waals surface area contributed by atoms with Crippen LogP contribution in [-0.4, -0.2) is 32.5 Å². The van der Waals surface area contributed by atoms with Gasteiger partial charge in [-0.2, -0.15) is 0 Å². The van der Waals surface area contributed by atoms with E-state index in [9.17, 15) is 19.5 Å². The smallest absolute Gasteiger partial charge is 0.309 e. The Hall–Kier alpha value is -2.11. The summed E-state index contributed by atoms with van der Waals surface area (Å²) < 4.78 is 2.03. The summed E-state index contributed by atoms with van der Waals surface area (Å²) in [4.78, 5) is 35.1. The molecule has 6 heteroatoms. The fraction of sp³-hybridized carbons (Fsp3) is 0.750. The average molecular weight is 478 g/mol. The van der Waals surface area contributed by atoms with Crippen molar-refractivity contribution < 1.29 is 24.6 Å². The summed E-state index contributed by atoms with van der Waals surface area (Å²) in [5, 5.41) is 18.1. The van der Waals surface area contributed by atoms with Crippen molar-refractivity contribution in [1.29, 1.82) is 0 Å². The van der Waals surface area contributed by atoms with E-state index in [4.69, 9.17) is 5.11 Å². The number of carboxylic acid groups (broad SMARTS) is 2. The molecule has 0 aliphatic carbocycles. The summed E-state index contributed by atoms with van der Waals surface area (Å²) in [6, 6.07) is 0. The molecule has 0 unspecified atom stereocenters. The van der Waals surface area contributed by atoms with Crippen molar-refractivity contribution in [1.82, 2.24) is 4.57 Å². The standard InChI is InChI=1S/C28H47NO5/c1-4-5-6-7-8-9-10-12-15-18-25(30)28-22(2)24(21-27(33)34)29(23(28)3)20-17-14-11-13-16-19-26(31)32/h4-21H2,1-3H3,(H,31,32)(H,33,34). The lowest BCUT2D eigenvalue weighted by molar-refractivity contribution is -0.137. The number of carboxylic acids is 2. The predicted molar refractivity (Wildman–Crippen MR) is 137 cm³/mol. The van der Waals surface area contributed by atoms with Crippen molar-refractivity contribution in [2.24, 2.45) is 0 Å². The average Bonchev–Trinajstić information content (AvgIpc) is 3.00. The highest BCUT2D eigenvalue weighted by atomic mass is 16.4. The highest BCUT2D eigenvalue weighted by molar-refractivity contribution is 5.99. The van der Waals surface area contributed by atoms with E-state index in [1.807, 2.05) is 18.4 Å². The van der Waals surface area contributed by atoms with Crippen LogP contribution in [0.1, 0.15) is 137 Å². The van der Waals surface area contributed by atoms with Crippen molar-refractivity contribution in [2.75, 3.05) is 0 Å². The molecule has 0 atom stereocenters. The fourth-order valence-electron chi connectivity index (χ4n) is 4.84. The van der Waals surface area contributed by atoms with Crippen LogP contribution in [0.5, 0.6) is 0 Å². The molecule has 0 spiro atoms. The van der Waals surface area contributed by atoms with Crippen LogP contribution in [0, 0.1) is 13.8 Å². The second-order valence-electron chi connectivity index (χ2n) is 9.67. The first-order valence-electron chi connectivity index (χ1n) is 13.4. The molecule has 0 saturated carbocycles. The van der Waals surface area contributed by atoms with E-state index >= 15 is 0 Å². The van der Waals surface area contributed by atoms with Gasteiger partial charge in [-0.15, -0.1) is 0 Å². The number of Topliss-reactive ketones (excluding diaryl/α,β-unsaturated/α-hetero) is 1. The van der Waals surface area contributed by atoms with Gasteiger partial charge < -0.3 is 14.8 Å². The van der Waals surface area contributed by atoms with Gasteiger partial charge >= 0.3 is 11.9 Å². The van der Waals surface area contributed by atoms with E-state index in [1.165, 1.54) is 44.9 Å². The Kier molecular flexibility index (Phi) is 15.3. The third-order valence-electron chi connectivity index (χ3n) is 6.78. The minimum atomic E-state index is -0.881. The Balaban J connectivity index is 2.59. The van der Waals surface area contributed by atoms with Gasteiger partial charge in [0, 0.05) is 36.3 Å². The van der Waals surface area contributed by atoms with E-state index in [-0.39, 0.29) is 18.6 Å². The summed E-state index contributed by atoms with van der Waals surface area (Å²) in [5.74, 6) is -1.50. The zero-order valence-electron chi connectivity index (χ0n) is 21.8. The Morgan fingerprint density at radius 1 is 0.676 bits per heavy atom. The summed E-state index contributed by atoms with van der Waals surface area (Å²) in [5.41, 5.74) is 3.17. The normalized spacial score (nSPS) is 11.1. The number of carbonyl (C=O) groups excluding carboxylic acids is 1. The van der Waals surface area contributed by atoms with Crippen LogP contribution in [0.4, 0.5) is 0 Å². The SMILES string of the molecule is CCCCCCCCCCCC(=O)c1c(C)c(CC(=O)O)n(CCCCCCCC(=O)O)c1C. The number of ketones is 1. The molecule has 1 aromatic heterocycles. The lowest BCUT2D eigenvalue weighted by Gasteiger charge is -2.11. The Morgan fingerprint density at radius 3 is 1.71 bits per heavy atom. The van der Waals surface area contributed by atoms with E-state index in [0.717, 1.165) is 61.0 Å². The highest BCUT2D eigenvalue weighted by Gasteiger charge is 2.23. The van der Waals surface area contributed by atoms with Gasteiger partial charge in [0.25, 0.3) is 0 Å². The Bertz CT molecular complexity index is 765. The first-order chi connectivity index (χ1) is 16.3. The minimum absolute atomic E-state index is 0.0728. The minimum Gasteiger partial charge on any atom is -0.481 e. The number of carbonyl (C=O) groups is 3. The zero-order chi connectivity index (χ0) is 25.3. The molecule has 0 amide bonds. The van der Waals surface area contributed by atoms with Crippen LogP contribution >= 0.6 is 0 Å². The molecule has 1 aromatic rings. The largest absolute Gasteiger partial charge is 0.481 e. The number of aromatic nitrogens is 1. The van der Waals surface area contributed by atoms with Crippen molar-refractivity contribution in [3.63, 3.8) is 0 Å². The number of hydrogen-bond acceptors (Lipinski definition) is 3. The fourth-order valence-corrected chi connectivity index (χ4v) is 4.84. The molecule has 194 valence electrons. The molecule has 6 nitrogen and oxygen atoms in total. The maximum absolute atomic E-state index is 13.0. The molecule has 34 heavy (non-hydrogen) atoms. The molecule has 0 aliphatic rings. The maximum atomic E-state index is 13.0. The van der Waals surface area contributed by atoms with Crippen LogP contribution in [0.2, 0.25) is 0 Å². The van der Waals surface area contributed by atoms with E-state index in [1.54, 1.807) is 0 Å². The first-order valence-corrected chi connectivity index (χ1v) is 13.4. The molecular weight excluding hydrogens is 430 g/mol. The summed E-state index contributed by atoms with van der Waals surface area (Å²) >= 11 is 0. The second-order valence-corrected chi connectivity index (χ2v) is 9.67. The molecule has 0 aliphatic heterocycles. The molecule has 0 radical (unpaired) electrons. The van der Waals surface area contributed by atoms with E-state index < -0.39 is 11.9 Å². The van der Waals surface area contributed by atoms with Gasteiger partial charge in [-0.3, -0.25) is 14.4 Å². The Morgan fingerprint density at radius 2 is 1.18 bits per heavy atom. The summed E-state index contributed by atoms with van der Waals surface area (Å²) in [7, 11) is 0. The lowest BCUT2D eigenvalue weighted by atomic mass is 9.99. The van der Waals surface area contributed by atoms with Crippen LogP contribution < -0.4 is 0 Å². The van der Waals surface area contributed by atoms with Gasteiger partial charge in [0.1, 0.15) is 0 Å². The molecule has 2 N–H and O–H groups in total. The Labute approximate surface area is 206 Å². The van der Waals surface area contributed by atoms with Crippen LogP contribution in [0.15, 0.2) is 0 Å². The van der Waals surface area contributed by atoms with Crippen molar-refractivity contribution in [2.45, 2.75) is 136 Å². The molecule has 1 heterocycles. The third kappa shape index (κ3) is 11.3. The molecule has 0 aromatic carbocycles. The van der Waals surface area contributed by atoms with Gasteiger partial charge in [0.15, 0.2) is 5.78 Å². The summed E-state index contributed by atoms with van der Waals surface area (Å²) in [6.45, 7) is 6.75. The van der Waals surface area contributed by atoms with E-state index in [0.29, 0.717) is 19.4 Å². The quantitative estimate of drug-likeness (QED) is 0.143. The number of rotatable bonds is 21. The second kappa shape index (κ2) is 17.3. The molecule has 0 saturated heterocycles. The maximum Gasteiger partial charge on any atom is 0.309 e. The van der Waals surface area contributed by atoms with Gasteiger partial charge in [-0.25, -0.2) is 0 Å². The first kappa shape index (κ1) is 29.9. The van der Waals surface area contributed by atoms with Crippen LogP contribution in [-0.2, 0) is 22.6 Å². The van der Waals surface area contributed by atoms with Gasteiger partial charge in [-0.1, -0.05) is 77.6 Å². The molecule has 0 bridgehead atoms. The third-order valence-corrected chi connectivity index (χ3v) is 6.78. The summed E-state index contributed by atoms with van der Waals surface area (Å²) in [6.07, 6.45) is 16.0. The van der Waals surface area contributed by atoms with Gasteiger partial charge in [-0.05, 0) is 38.7 Å². The zero-order valence-corrected chi connectivity index (χ0v) is 21.8. The topological polar surface area (TPSA) is 96.6 Å². The van der Waals surface area contributed by atoms with Gasteiger partial charge in [0.05, 0.1) is 6.42 Å². The predicted octanol–water partition coefficient (Wildman–Crippen LogP) is 7.26. The monoisotopic (exact) mass is 477 g/mol. The number of hydrogen-bond donors (Lipinski definition) is 2. The number of nitrogens with zero attached hydrogens (tertiary/aromatic N) is 1.